The molecule has 5 heteroatoms. The number of nitrogens with zero attached hydrogens (tertiary/aromatic N) is 1. The minimum atomic E-state index is -0.631. The van der Waals surface area contributed by atoms with E-state index in [1.807, 2.05) is 30.3 Å². The van der Waals surface area contributed by atoms with Crippen molar-refractivity contribution in [1.29, 1.82) is 0 Å². The van der Waals surface area contributed by atoms with E-state index in [0.717, 1.165) is 18.4 Å². The number of alkyl halides is 1. The summed E-state index contributed by atoms with van der Waals surface area (Å²) in [6, 6.07) is 9.54. The lowest BCUT2D eigenvalue weighted by Crippen LogP contribution is -2.46. The molecule has 1 aromatic rings. The van der Waals surface area contributed by atoms with Gasteiger partial charge in [0.2, 0.25) is 11.8 Å². The fraction of sp³-hybridized carbons (Fsp3) is 0.467. The highest BCUT2D eigenvalue weighted by Gasteiger charge is 2.28. The Bertz CT molecular complexity index is 470. The number of benzene rings is 1. The van der Waals surface area contributed by atoms with Gasteiger partial charge in [0.05, 0.1) is 0 Å². The number of halogens is 1. The Morgan fingerprint density at radius 3 is 2.40 bits per heavy atom. The average Bonchev–Trinajstić information content (AvgIpc) is 2.47. The normalized spacial score (nSPS) is 17.6. The van der Waals surface area contributed by atoms with Gasteiger partial charge in [0, 0.05) is 26.1 Å². The number of hydrogen-bond donors (Lipinski definition) is 1. The van der Waals surface area contributed by atoms with Crippen LogP contribution in [0.3, 0.4) is 0 Å². The van der Waals surface area contributed by atoms with Gasteiger partial charge in [-0.25, -0.2) is 0 Å². The van der Waals surface area contributed by atoms with Crippen LogP contribution in [-0.4, -0.2) is 35.8 Å². The molecule has 108 valence electrons. The van der Waals surface area contributed by atoms with Crippen molar-refractivity contribution in [2.24, 2.45) is 0 Å². The molecule has 1 N–H and O–H groups in total. The molecule has 0 bridgehead atoms. The smallest absolute Gasteiger partial charge is 0.245 e. The molecule has 1 fully saturated rings. The van der Waals surface area contributed by atoms with Gasteiger partial charge < -0.3 is 10.2 Å². The number of piperidine rings is 1. The average molecular weight is 295 g/mol. The third-order valence-corrected chi connectivity index (χ3v) is 3.96. The van der Waals surface area contributed by atoms with E-state index in [-0.39, 0.29) is 17.9 Å². The van der Waals surface area contributed by atoms with Crippen LogP contribution >= 0.6 is 11.6 Å². The van der Waals surface area contributed by atoms with Crippen molar-refractivity contribution >= 4 is 23.4 Å². The first-order valence-electron chi connectivity index (χ1n) is 6.83. The molecular weight excluding hydrogens is 276 g/mol. The molecule has 2 rings (SSSR count). The molecule has 20 heavy (non-hydrogen) atoms. The maximum absolute atomic E-state index is 12.3. The first-order chi connectivity index (χ1) is 9.58. The molecule has 0 aliphatic carbocycles. The highest BCUT2D eigenvalue weighted by Crippen LogP contribution is 2.24. The quantitative estimate of drug-likeness (QED) is 0.868. The maximum atomic E-state index is 12.3. The summed E-state index contributed by atoms with van der Waals surface area (Å²) in [5, 5.41) is 2.26. The van der Waals surface area contributed by atoms with Gasteiger partial charge in [0.15, 0.2) is 0 Å². The second kappa shape index (κ2) is 6.75. The van der Waals surface area contributed by atoms with E-state index >= 15 is 0 Å². The summed E-state index contributed by atoms with van der Waals surface area (Å²) in [7, 11) is 0. The molecule has 1 unspecified atom stereocenters. The topological polar surface area (TPSA) is 49.4 Å². The lowest BCUT2D eigenvalue weighted by Gasteiger charge is -2.33. The molecule has 0 aromatic heterocycles. The van der Waals surface area contributed by atoms with Crippen molar-refractivity contribution in [3.05, 3.63) is 35.9 Å². The third kappa shape index (κ3) is 3.73. The molecule has 1 aliphatic heterocycles. The Labute approximate surface area is 124 Å². The zero-order chi connectivity index (χ0) is 14.5. The summed E-state index contributed by atoms with van der Waals surface area (Å²) in [6.45, 7) is 2.79. The highest BCUT2D eigenvalue weighted by molar-refractivity contribution is 6.30. The van der Waals surface area contributed by atoms with Crippen LogP contribution in [0.5, 0.6) is 0 Å². The van der Waals surface area contributed by atoms with Crippen molar-refractivity contribution in [2.45, 2.75) is 31.2 Å². The monoisotopic (exact) mass is 294 g/mol. The largest absolute Gasteiger partial charge is 0.353 e. The lowest BCUT2D eigenvalue weighted by atomic mass is 10.0. The van der Waals surface area contributed by atoms with E-state index in [2.05, 4.69) is 5.32 Å². The first kappa shape index (κ1) is 14.9. The minimum absolute atomic E-state index is 0.0192. The predicted molar refractivity (Wildman–Crippen MR) is 78.5 cm³/mol. The van der Waals surface area contributed by atoms with Gasteiger partial charge in [-0.05, 0) is 18.4 Å². The number of hydrogen-bond acceptors (Lipinski definition) is 2. The van der Waals surface area contributed by atoms with Crippen LogP contribution in [0.4, 0.5) is 0 Å². The van der Waals surface area contributed by atoms with Crippen LogP contribution in [0.25, 0.3) is 0 Å². The van der Waals surface area contributed by atoms with Crippen molar-refractivity contribution in [2.75, 3.05) is 13.1 Å². The summed E-state index contributed by atoms with van der Waals surface area (Å²) in [6.07, 6.45) is 1.56. The third-order valence-electron chi connectivity index (χ3n) is 3.52. The Kier molecular flexibility index (Phi) is 5.01. The number of amides is 2. The van der Waals surface area contributed by atoms with Gasteiger partial charge in [-0.3, -0.25) is 9.59 Å². The van der Waals surface area contributed by atoms with E-state index in [9.17, 15) is 9.59 Å². The highest BCUT2D eigenvalue weighted by atomic mass is 35.5. The summed E-state index contributed by atoms with van der Waals surface area (Å²) in [5.74, 6) is -0.0755. The van der Waals surface area contributed by atoms with Crippen LogP contribution in [0.15, 0.2) is 30.3 Å². The van der Waals surface area contributed by atoms with E-state index in [1.54, 1.807) is 4.90 Å². The maximum Gasteiger partial charge on any atom is 0.245 e. The number of carbonyl (C=O) groups excluding carboxylic acids is 2. The van der Waals surface area contributed by atoms with Gasteiger partial charge in [-0.15, -0.1) is 11.6 Å². The Hall–Kier alpha value is -1.55. The molecule has 0 saturated carbocycles. The van der Waals surface area contributed by atoms with Gasteiger partial charge in [-0.2, -0.15) is 0 Å². The molecule has 1 heterocycles. The van der Waals surface area contributed by atoms with Crippen LogP contribution in [0.1, 0.15) is 30.7 Å². The fourth-order valence-electron chi connectivity index (χ4n) is 2.46. The van der Waals surface area contributed by atoms with Crippen molar-refractivity contribution in [1.82, 2.24) is 10.2 Å². The lowest BCUT2D eigenvalue weighted by molar-refractivity contribution is -0.132. The molecule has 2 amide bonds. The Balaban J connectivity index is 1.90. The number of carbonyl (C=O) groups is 2. The Morgan fingerprint density at radius 1 is 1.25 bits per heavy atom. The van der Waals surface area contributed by atoms with Gasteiger partial charge >= 0.3 is 0 Å². The molecule has 1 aromatic carbocycles. The second-order valence-corrected chi connectivity index (χ2v) is 5.51. The zero-order valence-corrected chi connectivity index (χ0v) is 12.3. The zero-order valence-electron chi connectivity index (χ0n) is 11.5. The summed E-state index contributed by atoms with van der Waals surface area (Å²) < 4.78 is 0. The molecule has 1 aliphatic rings. The molecule has 1 saturated heterocycles. The summed E-state index contributed by atoms with van der Waals surface area (Å²) >= 11 is 6.25. The SMILES string of the molecule is CC(=O)NC1CCN(C(=O)C(Cl)c2ccccc2)CC1. The van der Waals surface area contributed by atoms with Crippen LogP contribution in [0.2, 0.25) is 0 Å². The van der Waals surface area contributed by atoms with E-state index < -0.39 is 5.38 Å². The van der Waals surface area contributed by atoms with Crippen molar-refractivity contribution in [3.8, 4) is 0 Å². The van der Waals surface area contributed by atoms with Crippen LogP contribution in [-0.2, 0) is 9.59 Å². The van der Waals surface area contributed by atoms with Gasteiger partial charge in [0.25, 0.3) is 0 Å². The summed E-state index contributed by atoms with van der Waals surface area (Å²) in [4.78, 5) is 25.1. The van der Waals surface area contributed by atoms with Gasteiger partial charge in [0.1, 0.15) is 5.38 Å². The second-order valence-electron chi connectivity index (χ2n) is 5.07. The molecular formula is C15H19ClN2O2. The minimum Gasteiger partial charge on any atom is -0.353 e. The van der Waals surface area contributed by atoms with E-state index in [1.165, 1.54) is 6.92 Å². The standard InChI is InChI=1S/C15H19ClN2O2/c1-11(19)17-13-7-9-18(10-8-13)15(20)14(16)12-5-3-2-4-6-12/h2-6,13-14H,7-10H2,1H3,(H,17,19). The molecule has 0 spiro atoms. The Morgan fingerprint density at radius 2 is 1.85 bits per heavy atom. The van der Waals surface area contributed by atoms with Crippen LogP contribution < -0.4 is 5.32 Å². The summed E-state index contributed by atoms with van der Waals surface area (Å²) in [5.41, 5.74) is 0.822. The molecule has 1 atom stereocenters. The molecule has 0 radical (unpaired) electrons. The first-order valence-corrected chi connectivity index (χ1v) is 7.26. The van der Waals surface area contributed by atoms with E-state index in [0.29, 0.717) is 13.1 Å². The molecule has 4 nitrogen and oxygen atoms in total. The van der Waals surface area contributed by atoms with Crippen molar-refractivity contribution in [3.63, 3.8) is 0 Å². The number of nitrogens with one attached hydrogen (secondary N) is 1. The number of rotatable bonds is 3. The fourth-order valence-corrected chi connectivity index (χ4v) is 2.74. The van der Waals surface area contributed by atoms with E-state index in [4.69, 9.17) is 11.6 Å². The predicted octanol–water partition coefficient (Wildman–Crippen LogP) is 2.09. The van der Waals surface area contributed by atoms with Crippen LogP contribution in [0, 0.1) is 0 Å². The number of likely N-dealkylation sites (tertiary alicyclic amines) is 1. The van der Waals surface area contributed by atoms with Crippen molar-refractivity contribution < 1.29 is 9.59 Å². The van der Waals surface area contributed by atoms with Gasteiger partial charge in [-0.1, -0.05) is 30.3 Å².